The summed E-state index contributed by atoms with van der Waals surface area (Å²) in [4.78, 5) is 80.6. The zero-order chi connectivity index (χ0) is 30.8. The third kappa shape index (κ3) is 8.28. The number of carboxylic acid groups (broad SMARTS) is 2. The average Bonchev–Trinajstić information content (AvgIpc) is 3.62. The number of rotatable bonds is 15. The lowest BCUT2D eigenvalue weighted by Gasteiger charge is -2.30. The molecule has 0 bridgehead atoms. The minimum absolute atomic E-state index is 0.0744. The standard InChI is InChI=1S/C25H33N9O8/c1-3-13(2)21(29-18(35)7-9-20(38)39)24(41)28-15(6-8-19(36)37)25(42)34-16(11-14-5-4-10-26-22(14)34)23(40)27-12-17-30-32-33-31-17/h4-5,10,13,15-16,21H,3,6-9,11-12H2,1-2H3,(H,27,40)(H,28,41)(H,29,35)(H,36,37)(H,38,39)(H,30,31,32,33)/t13-,15-,16-,21-/m0/s1. The molecule has 4 atom stereocenters. The molecule has 3 heterocycles. The van der Waals surface area contributed by atoms with Crippen molar-refractivity contribution >= 4 is 41.4 Å². The zero-order valence-corrected chi connectivity index (χ0v) is 23.1. The number of hydrogen-bond donors (Lipinski definition) is 6. The van der Waals surface area contributed by atoms with E-state index in [0.29, 0.717) is 12.0 Å². The van der Waals surface area contributed by atoms with Crippen molar-refractivity contribution in [1.82, 2.24) is 41.6 Å². The summed E-state index contributed by atoms with van der Waals surface area (Å²) in [5, 5.41) is 39.2. The van der Waals surface area contributed by atoms with E-state index in [1.807, 2.05) is 0 Å². The number of hydrogen-bond acceptors (Lipinski definition) is 10. The Balaban J connectivity index is 1.85. The van der Waals surface area contributed by atoms with Gasteiger partial charge in [-0.3, -0.25) is 33.7 Å². The monoisotopic (exact) mass is 587 g/mol. The molecule has 1 aliphatic heterocycles. The number of aliphatic carboxylic acids is 2. The fourth-order valence-corrected chi connectivity index (χ4v) is 4.39. The zero-order valence-electron chi connectivity index (χ0n) is 23.1. The predicted molar refractivity (Wildman–Crippen MR) is 142 cm³/mol. The molecule has 3 rings (SSSR count). The molecule has 4 amide bonds. The highest BCUT2D eigenvalue weighted by Crippen LogP contribution is 2.31. The van der Waals surface area contributed by atoms with Crippen molar-refractivity contribution < 1.29 is 39.0 Å². The fourth-order valence-electron chi connectivity index (χ4n) is 4.39. The van der Waals surface area contributed by atoms with Gasteiger partial charge in [0, 0.05) is 25.5 Å². The summed E-state index contributed by atoms with van der Waals surface area (Å²) in [5.41, 5.74) is 0.594. The van der Waals surface area contributed by atoms with Gasteiger partial charge in [0.15, 0.2) is 5.82 Å². The van der Waals surface area contributed by atoms with E-state index in [-0.39, 0.29) is 37.4 Å². The first-order chi connectivity index (χ1) is 20.0. The summed E-state index contributed by atoms with van der Waals surface area (Å²) in [6, 6.07) is -0.245. The molecule has 0 radical (unpaired) electrons. The largest absolute Gasteiger partial charge is 0.481 e. The molecule has 0 unspecified atom stereocenters. The summed E-state index contributed by atoms with van der Waals surface area (Å²) in [5.74, 6) is -5.13. The van der Waals surface area contributed by atoms with Crippen molar-refractivity contribution in [3.05, 3.63) is 29.7 Å². The van der Waals surface area contributed by atoms with E-state index in [1.165, 1.54) is 6.20 Å². The van der Waals surface area contributed by atoms with Crippen LogP contribution in [0.2, 0.25) is 0 Å². The highest BCUT2D eigenvalue weighted by atomic mass is 16.4. The molecule has 17 nitrogen and oxygen atoms in total. The van der Waals surface area contributed by atoms with Crippen LogP contribution >= 0.6 is 0 Å². The molecule has 0 aromatic carbocycles. The van der Waals surface area contributed by atoms with E-state index in [2.05, 4.69) is 41.6 Å². The van der Waals surface area contributed by atoms with Crippen LogP contribution in [-0.2, 0) is 41.7 Å². The third-order valence-electron chi connectivity index (χ3n) is 6.81. The Labute approximate surface area is 239 Å². The number of pyridine rings is 1. The molecule has 0 saturated heterocycles. The Morgan fingerprint density at radius 2 is 1.83 bits per heavy atom. The number of carboxylic acids is 2. The summed E-state index contributed by atoms with van der Waals surface area (Å²) in [7, 11) is 0. The Morgan fingerprint density at radius 1 is 1.10 bits per heavy atom. The van der Waals surface area contributed by atoms with Gasteiger partial charge in [0.25, 0.3) is 5.91 Å². The Kier molecular flexibility index (Phi) is 11.0. The van der Waals surface area contributed by atoms with E-state index in [9.17, 15) is 33.9 Å². The molecule has 0 saturated carbocycles. The Morgan fingerprint density at radius 3 is 2.48 bits per heavy atom. The first kappa shape index (κ1) is 31.6. The number of nitrogens with zero attached hydrogens (tertiary/aromatic N) is 5. The first-order valence-corrected chi connectivity index (χ1v) is 13.3. The van der Waals surface area contributed by atoms with Gasteiger partial charge in [-0.05, 0) is 24.0 Å². The van der Waals surface area contributed by atoms with Crippen molar-refractivity contribution in [3.63, 3.8) is 0 Å². The number of nitrogens with one attached hydrogen (secondary N) is 4. The minimum atomic E-state index is -1.39. The Hall–Kier alpha value is -4.96. The average molecular weight is 588 g/mol. The lowest BCUT2D eigenvalue weighted by Crippen LogP contribution is -2.58. The quantitative estimate of drug-likeness (QED) is 0.145. The first-order valence-electron chi connectivity index (χ1n) is 13.3. The summed E-state index contributed by atoms with van der Waals surface area (Å²) < 4.78 is 0. The van der Waals surface area contributed by atoms with Crippen molar-refractivity contribution in [3.8, 4) is 0 Å². The van der Waals surface area contributed by atoms with E-state index in [0.717, 1.165) is 4.90 Å². The van der Waals surface area contributed by atoms with Gasteiger partial charge < -0.3 is 26.2 Å². The number of anilines is 1. The molecule has 2 aromatic rings. The summed E-state index contributed by atoms with van der Waals surface area (Å²) >= 11 is 0. The highest BCUT2D eigenvalue weighted by Gasteiger charge is 2.42. The molecule has 6 N–H and O–H groups in total. The molecule has 1 aliphatic rings. The second-order valence-electron chi connectivity index (χ2n) is 9.78. The van der Waals surface area contributed by atoms with Crippen LogP contribution in [-0.4, -0.2) is 89.5 Å². The van der Waals surface area contributed by atoms with E-state index < -0.39 is 72.5 Å². The van der Waals surface area contributed by atoms with E-state index in [1.54, 1.807) is 26.0 Å². The molecule has 17 heteroatoms. The Bertz CT molecular complexity index is 1300. The predicted octanol–water partition coefficient (Wildman–Crippen LogP) is -1.09. The van der Waals surface area contributed by atoms with Crippen LogP contribution in [0.15, 0.2) is 18.3 Å². The number of carbonyl (C=O) groups excluding carboxylic acids is 4. The smallest absolute Gasteiger partial charge is 0.303 e. The third-order valence-corrected chi connectivity index (χ3v) is 6.81. The van der Waals surface area contributed by atoms with Crippen molar-refractivity contribution in [2.75, 3.05) is 4.90 Å². The second kappa shape index (κ2) is 14.6. The number of carbonyl (C=O) groups is 6. The SMILES string of the molecule is CC[C@H](C)[C@H](NC(=O)CCC(=O)O)C(=O)N[C@@H](CCC(=O)O)C(=O)N1c2ncccc2C[C@H]1C(=O)NCc1nn[nH]n1. The lowest BCUT2D eigenvalue weighted by molar-refractivity contribution is -0.140. The van der Waals surface area contributed by atoms with E-state index in [4.69, 9.17) is 5.11 Å². The number of tetrazole rings is 1. The molecular weight excluding hydrogens is 554 g/mol. The maximum absolute atomic E-state index is 14.0. The lowest BCUT2D eigenvalue weighted by atomic mass is 9.97. The number of fused-ring (bicyclic) bond motifs is 1. The van der Waals surface area contributed by atoms with Crippen LogP contribution in [0.5, 0.6) is 0 Å². The number of aromatic amines is 1. The minimum Gasteiger partial charge on any atom is -0.481 e. The van der Waals surface area contributed by atoms with Crippen LogP contribution in [0, 0.1) is 5.92 Å². The van der Waals surface area contributed by atoms with Gasteiger partial charge in [0.2, 0.25) is 17.7 Å². The molecular formula is C25H33N9O8. The van der Waals surface area contributed by atoms with Crippen molar-refractivity contribution in [2.24, 2.45) is 5.92 Å². The van der Waals surface area contributed by atoms with Crippen LogP contribution in [0.3, 0.4) is 0 Å². The molecule has 2 aromatic heterocycles. The van der Waals surface area contributed by atoms with Gasteiger partial charge in [-0.1, -0.05) is 31.5 Å². The number of aromatic nitrogens is 5. The molecule has 0 fully saturated rings. The van der Waals surface area contributed by atoms with Gasteiger partial charge in [0.05, 0.1) is 13.0 Å². The molecule has 226 valence electrons. The van der Waals surface area contributed by atoms with Gasteiger partial charge in [-0.2, -0.15) is 5.21 Å². The normalized spacial score (nSPS) is 16.0. The van der Waals surface area contributed by atoms with Crippen molar-refractivity contribution in [1.29, 1.82) is 0 Å². The number of H-pyrrole nitrogens is 1. The molecule has 42 heavy (non-hydrogen) atoms. The topological polar surface area (TPSA) is 250 Å². The maximum Gasteiger partial charge on any atom is 0.303 e. The van der Waals surface area contributed by atoms with Crippen LogP contribution < -0.4 is 20.9 Å². The van der Waals surface area contributed by atoms with Gasteiger partial charge in [-0.15, -0.1) is 10.2 Å². The fraction of sp³-hybridized carbons (Fsp3) is 0.520. The van der Waals surface area contributed by atoms with Crippen molar-refractivity contribution in [2.45, 2.75) is 77.0 Å². The molecule has 0 spiro atoms. The van der Waals surface area contributed by atoms with Crippen LogP contribution in [0.25, 0.3) is 0 Å². The number of amides is 4. The second-order valence-corrected chi connectivity index (χ2v) is 9.78. The van der Waals surface area contributed by atoms with Crippen LogP contribution in [0.4, 0.5) is 5.82 Å². The summed E-state index contributed by atoms with van der Waals surface area (Å²) in [6.07, 6.45) is 0.433. The molecule has 0 aliphatic carbocycles. The van der Waals surface area contributed by atoms with Gasteiger partial charge in [-0.25, -0.2) is 4.98 Å². The van der Waals surface area contributed by atoms with E-state index >= 15 is 0 Å². The van der Waals surface area contributed by atoms with Gasteiger partial charge >= 0.3 is 11.9 Å². The summed E-state index contributed by atoms with van der Waals surface area (Å²) in [6.45, 7) is 3.40. The van der Waals surface area contributed by atoms with Gasteiger partial charge in [0.1, 0.15) is 23.9 Å². The van der Waals surface area contributed by atoms with Crippen LogP contribution in [0.1, 0.15) is 57.3 Å². The maximum atomic E-state index is 14.0. The highest BCUT2D eigenvalue weighted by molar-refractivity contribution is 6.06.